The third-order valence-electron chi connectivity index (χ3n) is 2.15. The van der Waals surface area contributed by atoms with Crippen LogP contribution in [-0.2, 0) is 6.54 Å². The summed E-state index contributed by atoms with van der Waals surface area (Å²) < 4.78 is 1.27. The van der Waals surface area contributed by atoms with Gasteiger partial charge in [-0.25, -0.2) is 0 Å². The Morgan fingerprint density at radius 3 is 2.88 bits per heavy atom. The Balaban J connectivity index is 2.10. The summed E-state index contributed by atoms with van der Waals surface area (Å²) in [5.41, 5.74) is -0.111. The van der Waals surface area contributed by atoms with Crippen molar-refractivity contribution in [3.05, 3.63) is 44.4 Å². The smallest absolute Gasteiger partial charge is 0.291 e. The molecule has 7 heteroatoms. The van der Waals surface area contributed by atoms with E-state index in [0.717, 1.165) is 11.1 Å². The first-order valence-corrected chi connectivity index (χ1v) is 5.64. The number of Topliss-reactive ketones (excluding diaryl/α,β-unsaturated/α-hetero) is 1. The molecule has 0 aliphatic rings. The normalized spacial score (nSPS) is 10.4. The van der Waals surface area contributed by atoms with Gasteiger partial charge in [-0.1, -0.05) is 0 Å². The molecule has 0 atom stereocenters. The summed E-state index contributed by atoms with van der Waals surface area (Å²) in [5, 5.41) is 14.2. The van der Waals surface area contributed by atoms with Crippen molar-refractivity contribution in [3.8, 4) is 0 Å². The minimum atomic E-state index is -0.538. The molecular weight excluding hydrogens is 242 g/mol. The van der Waals surface area contributed by atoms with Gasteiger partial charge in [-0.05, 0) is 19.1 Å². The Bertz CT molecular complexity index is 573. The van der Waals surface area contributed by atoms with Crippen LogP contribution in [0.15, 0.2) is 24.5 Å². The second-order valence-electron chi connectivity index (χ2n) is 3.49. The number of ketones is 1. The number of rotatable bonds is 4. The molecule has 0 bridgehead atoms. The van der Waals surface area contributed by atoms with E-state index >= 15 is 0 Å². The van der Waals surface area contributed by atoms with E-state index in [0.29, 0.717) is 4.88 Å². The lowest BCUT2D eigenvalue weighted by Gasteiger charge is -1.97. The summed E-state index contributed by atoms with van der Waals surface area (Å²) in [6.45, 7) is 1.94. The highest BCUT2D eigenvalue weighted by Gasteiger charge is 2.13. The number of nitrogens with zero attached hydrogens (tertiary/aromatic N) is 3. The number of aromatic nitrogens is 2. The molecule has 88 valence electrons. The van der Waals surface area contributed by atoms with E-state index in [4.69, 9.17) is 0 Å². The number of carbonyl (C=O) groups is 1. The summed E-state index contributed by atoms with van der Waals surface area (Å²) in [5.74, 6) is -0.0962. The lowest BCUT2D eigenvalue weighted by molar-refractivity contribution is -0.385. The van der Waals surface area contributed by atoms with Crippen LogP contribution in [0.2, 0.25) is 0 Å². The fourth-order valence-electron chi connectivity index (χ4n) is 1.34. The van der Waals surface area contributed by atoms with E-state index in [9.17, 15) is 14.9 Å². The predicted molar refractivity (Wildman–Crippen MR) is 62.3 cm³/mol. The Labute approximate surface area is 101 Å². The lowest BCUT2D eigenvalue weighted by atomic mass is 10.3. The van der Waals surface area contributed by atoms with Crippen LogP contribution in [0.3, 0.4) is 0 Å². The monoisotopic (exact) mass is 251 g/mol. The van der Waals surface area contributed by atoms with Crippen LogP contribution >= 0.6 is 11.3 Å². The second-order valence-corrected chi connectivity index (χ2v) is 4.77. The molecular formula is C10H9N3O3S. The van der Waals surface area contributed by atoms with Gasteiger partial charge in [0.2, 0.25) is 0 Å². The Morgan fingerprint density at radius 1 is 1.59 bits per heavy atom. The van der Waals surface area contributed by atoms with Gasteiger partial charge in [0, 0.05) is 4.88 Å². The van der Waals surface area contributed by atoms with Gasteiger partial charge in [0.05, 0.1) is 9.80 Å². The van der Waals surface area contributed by atoms with Gasteiger partial charge >= 0.3 is 5.69 Å². The van der Waals surface area contributed by atoms with Crippen LogP contribution < -0.4 is 0 Å². The highest BCUT2D eigenvalue weighted by atomic mass is 32.1. The molecule has 0 N–H and O–H groups in total. The van der Waals surface area contributed by atoms with Crippen LogP contribution in [0.1, 0.15) is 14.5 Å². The summed E-state index contributed by atoms with van der Waals surface area (Å²) in [6, 6.07) is 3.61. The number of hydrogen-bond donors (Lipinski definition) is 0. The van der Waals surface area contributed by atoms with Gasteiger partial charge in [-0.3, -0.25) is 19.6 Å². The zero-order chi connectivity index (χ0) is 12.4. The maximum absolute atomic E-state index is 11.8. The molecule has 0 amide bonds. The standard InChI is InChI=1S/C10H9N3O3S/c1-7-2-3-10(17-7)9(14)6-12-5-8(4-11-12)13(15)16/h2-5H,6H2,1H3. The van der Waals surface area contributed by atoms with Crippen molar-refractivity contribution in [2.24, 2.45) is 0 Å². The lowest BCUT2D eigenvalue weighted by Crippen LogP contribution is -2.09. The molecule has 2 rings (SSSR count). The Morgan fingerprint density at radius 2 is 2.35 bits per heavy atom. The molecule has 0 fully saturated rings. The summed E-state index contributed by atoms with van der Waals surface area (Å²) in [6.07, 6.45) is 2.38. The fourth-order valence-corrected chi connectivity index (χ4v) is 2.14. The van der Waals surface area contributed by atoms with E-state index < -0.39 is 4.92 Å². The van der Waals surface area contributed by atoms with Crippen molar-refractivity contribution in [1.29, 1.82) is 0 Å². The molecule has 0 aliphatic carbocycles. The highest BCUT2D eigenvalue weighted by Crippen LogP contribution is 2.16. The fraction of sp³-hybridized carbons (Fsp3) is 0.200. The summed E-state index contributed by atoms with van der Waals surface area (Å²) in [7, 11) is 0. The van der Waals surface area contributed by atoms with Gasteiger partial charge in [0.1, 0.15) is 18.9 Å². The number of hydrogen-bond acceptors (Lipinski definition) is 5. The van der Waals surface area contributed by atoms with Gasteiger partial charge < -0.3 is 0 Å². The summed E-state index contributed by atoms with van der Waals surface area (Å²) >= 11 is 1.40. The molecule has 0 aliphatic heterocycles. The second kappa shape index (κ2) is 4.46. The third kappa shape index (κ3) is 2.56. The molecule has 0 spiro atoms. The quantitative estimate of drug-likeness (QED) is 0.473. The molecule has 0 saturated carbocycles. The predicted octanol–water partition coefficient (Wildman–Crippen LogP) is 2.04. The molecule has 2 aromatic heterocycles. The first-order chi connectivity index (χ1) is 8.06. The van der Waals surface area contributed by atoms with E-state index in [2.05, 4.69) is 5.10 Å². The average molecular weight is 251 g/mol. The first kappa shape index (κ1) is 11.5. The number of aryl methyl sites for hydroxylation is 1. The Kier molecular flexibility index (Phi) is 3.01. The van der Waals surface area contributed by atoms with Gasteiger partial charge in [0.25, 0.3) is 0 Å². The van der Waals surface area contributed by atoms with Gasteiger partial charge in [-0.15, -0.1) is 11.3 Å². The third-order valence-corrected chi connectivity index (χ3v) is 3.19. The maximum Gasteiger partial charge on any atom is 0.307 e. The molecule has 6 nitrogen and oxygen atoms in total. The highest BCUT2D eigenvalue weighted by molar-refractivity contribution is 7.14. The molecule has 0 radical (unpaired) electrons. The van der Waals surface area contributed by atoms with E-state index in [1.807, 2.05) is 13.0 Å². The van der Waals surface area contributed by atoms with Crippen molar-refractivity contribution in [1.82, 2.24) is 9.78 Å². The summed E-state index contributed by atoms with van der Waals surface area (Å²) in [4.78, 5) is 23.4. The largest absolute Gasteiger partial charge is 0.307 e. The molecule has 2 aromatic rings. The first-order valence-electron chi connectivity index (χ1n) is 4.83. The zero-order valence-corrected chi connectivity index (χ0v) is 9.81. The van der Waals surface area contributed by atoms with Gasteiger partial charge in [-0.2, -0.15) is 5.10 Å². The van der Waals surface area contributed by atoms with E-state index in [-0.39, 0.29) is 18.0 Å². The van der Waals surface area contributed by atoms with Crippen LogP contribution in [0.5, 0.6) is 0 Å². The van der Waals surface area contributed by atoms with Crippen LogP contribution in [0, 0.1) is 17.0 Å². The van der Waals surface area contributed by atoms with Crippen molar-refractivity contribution >= 4 is 22.8 Å². The molecule has 17 heavy (non-hydrogen) atoms. The van der Waals surface area contributed by atoms with Crippen LogP contribution in [-0.4, -0.2) is 20.5 Å². The van der Waals surface area contributed by atoms with Crippen molar-refractivity contribution < 1.29 is 9.72 Å². The SMILES string of the molecule is Cc1ccc(C(=O)Cn2cc([N+](=O)[O-])cn2)s1. The topological polar surface area (TPSA) is 78.0 Å². The van der Waals surface area contributed by atoms with Crippen molar-refractivity contribution in [2.75, 3.05) is 0 Å². The molecule has 2 heterocycles. The minimum Gasteiger partial charge on any atom is -0.291 e. The number of carbonyl (C=O) groups excluding carboxylic acids is 1. The zero-order valence-electron chi connectivity index (χ0n) is 8.99. The molecule has 0 saturated heterocycles. The maximum atomic E-state index is 11.8. The van der Waals surface area contributed by atoms with E-state index in [1.165, 1.54) is 22.2 Å². The number of nitro groups is 1. The Hall–Kier alpha value is -2.02. The molecule has 0 unspecified atom stereocenters. The number of thiophene rings is 1. The van der Waals surface area contributed by atoms with Gasteiger partial charge in [0.15, 0.2) is 5.78 Å². The van der Waals surface area contributed by atoms with Crippen LogP contribution in [0.25, 0.3) is 0 Å². The van der Waals surface area contributed by atoms with Crippen molar-refractivity contribution in [2.45, 2.75) is 13.5 Å². The average Bonchev–Trinajstić information content (AvgIpc) is 2.86. The minimum absolute atomic E-state index is 0.0216. The van der Waals surface area contributed by atoms with E-state index in [1.54, 1.807) is 6.07 Å². The van der Waals surface area contributed by atoms with Crippen LogP contribution in [0.4, 0.5) is 5.69 Å². The molecule has 0 aromatic carbocycles. The van der Waals surface area contributed by atoms with Crippen molar-refractivity contribution in [3.63, 3.8) is 0 Å².